The molecule has 1 rings (SSSR count). The molecule has 0 aliphatic rings. The summed E-state index contributed by atoms with van der Waals surface area (Å²) >= 11 is 11.4. The molecule has 0 saturated heterocycles. The van der Waals surface area contributed by atoms with Gasteiger partial charge in [0.1, 0.15) is 0 Å². The normalized spacial score (nSPS) is 9.36. The van der Waals surface area contributed by atoms with E-state index in [0.717, 1.165) is 0 Å². The predicted molar refractivity (Wildman–Crippen MR) is 58.3 cm³/mol. The van der Waals surface area contributed by atoms with Gasteiger partial charge >= 0.3 is 0 Å². The van der Waals surface area contributed by atoms with E-state index in [0.29, 0.717) is 0 Å². The minimum absolute atomic E-state index is 0. The van der Waals surface area contributed by atoms with E-state index in [4.69, 9.17) is 28.9 Å². The first-order valence-corrected chi connectivity index (χ1v) is 4.15. The Morgan fingerprint density at radius 2 is 2.00 bits per heavy atom. The molecule has 0 bridgehead atoms. The molecule has 0 aromatic heterocycles. The van der Waals surface area contributed by atoms with Gasteiger partial charge in [-0.1, -0.05) is 23.2 Å². The Bertz CT molecular complexity index is 357. The molecule has 0 aliphatic heterocycles. The van der Waals surface area contributed by atoms with Crippen LogP contribution in [0.4, 0.5) is 5.69 Å². The van der Waals surface area contributed by atoms with E-state index in [1.54, 1.807) is 0 Å². The van der Waals surface area contributed by atoms with Gasteiger partial charge in [-0.2, -0.15) is 0 Å². The van der Waals surface area contributed by atoms with E-state index in [1.165, 1.54) is 12.1 Å². The summed E-state index contributed by atoms with van der Waals surface area (Å²) in [7, 11) is 0. The van der Waals surface area contributed by atoms with Crippen LogP contribution in [-0.4, -0.2) is 4.92 Å². The zero-order chi connectivity index (χ0) is 10.0. The SMILES string of the molecule is Cl.NCc1c([N+](=O)[O-])ccc(Cl)c1Cl. The van der Waals surface area contributed by atoms with E-state index >= 15 is 0 Å². The summed E-state index contributed by atoms with van der Waals surface area (Å²) in [6.07, 6.45) is 0. The molecular formula is C7H7Cl3N2O2. The van der Waals surface area contributed by atoms with E-state index in [9.17, 15) is 10.1 Å². The number of rotatable bonds is 2. The third kappa shape index (κ3) is 2.48. The van der Waals surface area contributed by atoms with Crippen LogP contribution in [0.25, 0.3) is 0 Å². The highest BCUT2D eigenvalue weighted by Crippen LogP contribution is 2.32. The first-order chi connectivity index (χ1) is 6.07. The minimum atomic E-state index is -0.537. The van der Waals surface area contributed by atoms with Gasteiger partial charge in [0, 0.05) is 12.6 Å². The second-order valence-corrected chi connectivity index (χ2v) is 3.11. The largest absolute Gasteiger partial charge is 0.326 e. The molecule has 2 N–H and O–H groups in total. The molecule has 0 unspecified atom stereocenters. The van der Waals surface area contributed by atoms with Gasteiger partial charge in [0.25, 0.3) is 5.69 Å². The van der Waals surface area contributed by atoms with Crippen LogP contribution in [0.1, 0.15) is 5.56 Å². The molecule has 4 nitrogen and oxygen atoms in total. The number of nitrogens with zero attached hydrogens (tertiary/aromatic N) is 1. The Morgan fingerprint density at radius 3 is 2.43 bits per heavy atom. The molecule has 0 fully saturated rings. The van der Waals surface area contributed by atoms with E-state index in [1.807, 2.05) is 0 Å². The predicted octanol–water partition coefficient (Wildman–Crippen LogP) is 2.78. The van der Waals surface area contributed by atoms with Crippen LogP contribution in [0.3, 0.4) is 0 Å². The van der Waals surface area contributed by atoms with Crippen molar-refractivity contribution < 1.29 is 4.92 Å². The average molecular weight is 258 g/mol. The minimum Gasteiger partial charge on any atom is -0.326 e. The van der Waals surface area contributed by atoms with E-state index in [-0.39, 0.29) is 40.2 Å². The van der Waals surface area contributed by atoms with Crippen molar-refractivity contribution in [3.8, 4) is 0 Å². The molecular weight excluding hydrogens is 250 g/mol. The van der Waals surface area contributed by atoms with Crippen LogP contribution in [-0.2, 0) is 6.54 Å². The zero-order valence-corrected chi connectivity index (χ0v) is 9.20. The second-order valence-electron chi connectivity index (χ2n) is 2.32. The Kier molecular flexibility index (Phi) is 5.15. The third-order valence-corrected chi connectivity index (χ3v) is 2.42. The lowest BCUT2D eigenvalue weighted by molar-refractivity contribution is -0.385. The van der Waals surface area contributed by atoms with Crippen LogP contribution >= 0.6 is 35.6 Å². The van der Waals surface area contributed by atoms with Crippen molar-refractivity contribution in [2.24, 2.45) is 5.73 Å². The molecule has 78 valence electrons. The van der Waals surface area contributed by atoms with Crippen LogP contribution < -0.4 is 5.73 Å². The summed E-state index contributed by atoms with van der Waals surface area (Å²) in [6, 6.07) is 2.66. The van der Waals surface area contributed by atoms with Gasteiger partial charge in [-0.15, -0.1) is 12.4 Å². The van der Waals surface area contributed by atoms with Gasteiger partial charge in [0.2, 0.25) is 0 Å². The molecule has 0 saturated carbocycles. The number of nitrogens with two attached hydrogens (primary N) is 1. The maximum Gasteiger partial charge on any atom is 0.275 e. The molecule has 1 aromatic carbocycles. The van der Waals surface area contributed by atoms with Gasteiger partial charge in [-0.25, -0.2) is 0 Å². The lowest BCUT2D eigenvalue weighted by Crippen LogP contribution is -2.02. The molecule has 0 radical (unpaired) electrons. The Balaban J connectivity index is 0.00000169. The summed E-state index contributed by atoms with van der Waals surface area (Å²) in [5, 5.41) is 10.9. The van der Waals surface area contributed by atoms with Crippen molar-refractivity contribution in [3.05, 3.63) is 37.9 Å². The fraction of sp³-hybridized carbons (Fsp3) is 0.143. The summed E-state index contributed by atoms with van der Waals surface area (Å²) in [4.78, 5) is 9.96. The summed E-state index contributed by atoms with van der Waals surface area (Å²) in [5.74, 6) is 0. The molecule has 0 atom stereocenters. The maximum absolute atomic E-state index is 10.5. The first kappa shape index (κ1) is 13.4. The van der Waals surface area contributed by atoms with Crippen molar-refractivity contribution in [1.82, 2.24) is 0 Å². The second kappa shape index (κ2) is 5.36. The monoisotopic (exact) mass is 256 g/mol. The lowest BCUT2D eigenvalue weighted by atomic mass is 10.2. The van der Waals surface area contributed by atoms with Crippen molar-refractivity contribution >= 4 is 41.3 Å². The number of halogens is 3. The smallest absolute Gasteiger partial charge is 0.275 e. The summed E-state index contributed by atoms with van der Waals surface area (Å²) in [5.41, 5.74) is 5.47. The quantitative estimate of drug-likeness (QED) is 0.654. The van der Waals surface area contributed by atoms with Crippen LogP contribution in [0.2, 0.25) is 10.0 Å². The van der Waals surface area contributed by atoms with Crippen LogP contribution in [0, 0.1) is 10.1 Å². The molecule has 0 heterocycles. The molecule has 7 heteroatoms. The van der Waals surface area contributed by atoms with Gasteiger partial charge in [0.05, 0.1) is 20.5 Å². The van der Waals surface area contributed by atoms with Gasteiger partial charge < -0.3 is 5.73 Å². The van der Waals surface area contributed by atoms with Crippen molar-refractivity contribution in [1.29, 1.82) is 0 Å². The number of hydrogen-bond acceptors (Lipinski definition) is 3. The topological polar surface area (TPSA) is 69.2 Å². The van der Waals surface area contributed by atoms with E-state index < -0.39 is 4.92 Å². The standard InChI is InChI=1S/C7H6Cl2N2O2.ClH/c8-5-1-2-6(11(12)13)4(3-10)7(5)9;/h1-2H,3,10H2;1H. The van der Waals surface area contributed by atoms with Crippen LogP contribution in [0.15, 0.2) is 12.1 Å². The molecule has 0 amide bonds. The molecule has 1 aromatic rings. The highest BCUT2D eigenvalue weighted by molar-refractivity contribution is 6.42. The van der Waals surface area contributed by atoms with Crippen LogP contribution in [0.5, 0.6) is 0 Å². The molecule has 0 aliphatic carbocycles. The highest BCUT2D eigenvalue weighted by atomic mass is 35.5. The summed E-state index contributed by atoms with van der Waals surface area (Å²) in [6.45, 7) is -0.00426. The average Bonchev–Trinajstić information content (AvgIpc) is 2.09. The lowest BCUT2D eigenvalue weighted by Gasteiger charge is -2.03. The van der Waals surface area contributed by atoms with Gasteiger partial charge in [0.15, 0.2) is 0 Å². The van der Waals surface area contributed by atoms with Gasteiger partial charge in [-0.05, 0) is 6.07 Å². The van der Waals surface area contributed by atoms with Crippen molar-refractivity contribution in [2.75, 3.05) is 0 Å². The Hall–Kier alpha value is -0.550. The third-order valence-electron chi connectivity index (χ3n) is 1.57. The number of nitro benzene ring substituents is 1. The maximum atomic E-state index is 10.5. The highest BCUT2D eigenvalue weighted by Gasteiger charge is 2.17. The fourth-order valence-corrected chi connectivity index (χ4v) is 1.36. The van der Waals surface area contributed by atoms with Crippen molar-refractivity contribution in [2.45, 2.75) is 6.54 Å². The Morgan fingerprint density at radius 1 is 1.43 bits per heavy atom. The van der Waals surface area contributed by atoms with Gasteiger partial charge in [-0.3, -0.25) is 10.1 Å². The zero-order valence-electron chi connectivity index (χ0n) is 6.87. The van der Waals surface area contributed by atoms with E-state index in [2.05, 4.69) is 0 Å². The summed E-state index contributed by atoms with van der Waals surface area (Å²) < 4.78 is 0. The number of hydrogen-bond donors (Lipinski definition) is 1. The Labute approximate surface area is 96.5 Å². The van der Waals surface area contributed by atoms with Crippen molar-refractivity contribution in [3.63, 3.8) is 0 Å². The number of nitro groups is 1. The first-order valence-electron chi connectivity index (χ1n) is 3.39. The molecule has 0 spiro atoms. The molecule has 14 heavy (non-hydrogen) atoms. The fourth-order valence-electron chi connectivity index (χ4n) is 0.948. The number of benzene rings is 1.